The van der Waals surface area contributed by atoms with Crippen molar-refractivity contribution in [2.45, 2.75) is 34.1 Å². The highest BCUT2D eigenvalue weighted by Gasteiger charge is 2.14. The van der Waals surface area contributed by atoms with Gasteiger partial charge in [-0.15, -0.1) is 0 Å². The predicted molar refractivity (Wildman–Crippen MR) is 91.1 cm³/mol. The molecule has 0 heterocycles. The molecule has 0 atom stereocenters. The van der Waals surface area contributed by atoms with Crippen LogP contribution in [-0.4, -0.2) is 25.0 Å². The number of hydrogen-bond acceptors (Lipinski definition) is 3. The van der Waals surface area contributed by atoms with E-state index in [1.54, 1.807) is 24.3 Å². The summed E-state index contributed by atoms with van der Waals surface area (Å²) >= 11 is 0. The molecule has 0 fully saturated rings. The van der Waals surface area contributed by atoms with Gasteiger partial charge in [0.1, 0.15) is 12.4 Å². The fraction of sp³-hybridized carbons (Fsp3) is 0.444. The van der Waals surface area contributed by atoms with Crippen molar-refractivity contribution < 1.29 is 14.3 Å². The lowest BCUT2D eigenvalue weighted by Gasteiger charge is -2.16. The normalized spacial score (nSPS) is 10.3. The van der Waals surface area contributed by atoms with Gasteiger partial charge in [-0.2, -0.15) is 0 Å². The Kier molecular flexibility index (Phi) is 7.14. The Labute approximate surface area is 137 Å². The number of anilines is 1. The van der Waals surface area contributed by atoms with Crippen LogP contribution in [0.4, 0.5) is 5.69 Å². The molecule has 0 unspecified atom stereocenters. The lowest BCUT2D eigenvalue weighted by Crippen LogP contribution is -2.27. The molecular weight excluding hydrogens is 292 g/mol. The smallest absolute Gasteiger partial charge is 0.221 e. The van der Waals surface area contributed by atoms with Gasteiger partial charge in [0.15, 0.2) is 0 Å². The van der Waals surface area contributed by atoms with E-state index in [1.165, 1.54) is 6.92 Å². The van der Waals surface area contributed by atoms with Crippen molar-refractivity contribution in [2.24, 2.45) is 5.41 Å². The fourth-order valence-corrected chi connectivity index (χ4v) is 1.79. The van der Waals surface area contributed by atoms with Crippen LogP contribution in [0.3, 0.4) is 0 Å². The van der Waals surface area contributed by atoms with E-state index in [0.29, 0.717) is 24.4 Å². The van der Waals surface area contributed by atoms with Gasteiger partial charge in [0, 0.05) is 25.1 Å². The van der Waals surface area contributed by atoms with Crippen LogP contribution < -0.4 is 15.4 Å². The summed E-state index contributed by atoms with van der Waals surface area (Å²) in [7, 11) is 0. The Morgan fingerprint density at radius 3 is 2.61 bits per heavy atom. The van der Waals surface area contributed by atoms with Crippen LogP contribution in [0.25, 0.3) is 0 Å². The van der Waals surface area contributed by atoms with Crippen LogP contribution in [0.1, 0.15) is 34.1 Å². The van der Waals surface area contributed by atoms with E-state index >= 15 is 0 Å². The van der Waals surface area contributed by atoms with E-state index in [0.717, 1.165) is 0 Å². The van der Waals surface area contributed by atoms with Gasteiger partial charge in [0.2, 0.25) is 11.8 Å². The number of hydrogen-bond donors (Lipinski definition) is 2. The Balaban J connectivity index is 2.32. The molecule has 1 aromatic rings. The van der Waals surface area contributed by atoms with E-state index in [-0.39, 0.29) is 23.8 Å². The minimum atomic E-state index is -0.132. The summed E-state index contributed by atoms with van der Waals surface area (Å²) in [5, 5.41) is 5.44. The summed E-state index contributed by atoms with van der Waals surface area (Å²) < 4.78 is 5.48. The fourth-order valence-electron chi connectivity index (χ4n) is 1.79. The summed E-state index contributed by atoms with van der Waals surface area (Å²) in [5.74, 6) is 6.17. The Morgan fingerprint density at radius 2 is 1.96 bits per heavy atom. The average Bonchev–Trinajstić information content (AvgIpc) is 2.40. The molecule has 0 aliphatic rings. The van der Waals surface area contributed by atoms with Crippen molar-refractivity contribution in [3.8, 4) is 17.6 Å². The second-order valence-electron chi connectivity index (χ2n) is 6.37. The Bertz CT molecular complexity index is 607. The first-order valence-corrected chi connectivity index (χ1v) is 7.49. The summed E-state index contributed by atoms with van der Waals surface area (Å²) in [6.07, 6.45) is 0.473. The highest BCUT2D eigenvalue weighted by atomic mass is 16.5. The second kappa shape index (κ2) is 8.84. The number of amides is 2. The van der Waals surface area contributed by atoms with Gasteiger partial charge in [-0.05, 0) is 17.5 Å². The third-order valence-electron chi connectivity index (χ3n) is 2.66. The van der Waals surface area contributed by atoms with Crippen molar-refractivity contribution >= 4 is 17.5 Å². The first-order valence-electron chi connectivity index (χ1n) is 7.49. The van der Waals surface area contributed by atoms with Crippen LogP contribution in [-0.2, 0) is 9.59 Å². The average molecular weight is 316 g/mol. The summed E-state index contributed by atoms with van der Waals surface area (Å²) in [5.41, 5.74) is 0.650. The standard InChI is InChI=1S/C18H24N2O3/c1-14(21)20-15-8-7-9-16(12-15)23-11-6-5-10-19-17(22)13-18(2,3)4/h7-9,12H,10-11,13H2,1-4H3,(H,19,22)(H,20,21). The minimum Gasteiger partial charge on any atom is -0.481 e. The summed E-state index contributed by atoms with van der Waals surface area (Å²) in [6.45, 7) is 8.03. The van der Waals surface area contributed by atoms with Gasteiger partial charge in [-0.3, -0.25) is 9.59 Å². The maximum absolute atomic E-state index is 11.6. The molecule has 23 heavy (non-hydrogen) atoms. The zero-order chi connectivity index (χ0) is 17.3. The molecule has 1 rings (SSSR count). The van der Waals surface area contributed by atoms with Crippen LogP contribution in [0.15, 0.2) is 24.3 Å². The predicted octanol–water partition coefficient (Wildman–Crippen LogP) is 2.58. The molecule has 0 spiro atoms. The lowest BCUT2D eigenvalue weighted by molar-refractivity contribution is -0.122. The van der Waals surface area contributed by atoms with E-state index < -0.39 is 0 Å². The van der Waals surface area contributed by atoms with Gasteiger partial charge in [0.05, 0.1) is 6.54 Å². The maximum Gasteiger partial charge on any atom is 0.221 e. The Hall–Kier alpha value is -2.48. The van der Waals surface area contributed by atoms with E-state index in [9.17, 15) is 9.59 Å². The molecule has 124 valence electrons. The highest BCUT2D eigenvalue weighted by molar-refractivity contribution is 5.88. The molecule has 0 aliphatic heterocycles. The number of nitrogens with one attached hydrogen (secondary N) is 2. The maximum atomic E-state index is 11.6. The molecule has 2 N–H and O–H groups in total. The van der Waals surface area contributed by atoms with Gasteiger partial charge < -0.3 is 15.4 Å². The molecule has 0 aliphatic carbocycles. The molecule has 0 saturated carbocycles. The van der Waals surface area contributed by atoms with Crippen molar-refractivity contribution in [3.63, 3.8) is 0 Å². The first-order chi connectivity index (χ1) is 10.8. The first kappa shape index (κ1) is 18.6. The third kappa shape index (κ3) is 9.20. The van der Waals surface area contributed by atoms with Gasteiger partial charge >= 0.3 is 0 Å². The molecular formula is C18H24N2O3. The van der Waals surface area contributed by atoms with Crippen LogP contribution >= 0.6 is 0 Å². The van der Waals surface area contributed by atoms with Crippen molar-refractivity contribution in [3.05, 3.63) is 24.3 Å². The zero-order valence-electron chi connectivity index (χ0n) is 14.2. The molecule has 2 amide bonds. The molecule has 0 radical (unpaired) electrons. The molecule has 5 nitrogen and oxygen atoms in total. The third-order valence-corrected chi connectivity index (χ3v) is 2.66. The zero-order valence-corrected chi connectivity index (χ0v) is 14.2. The van der Waals surface area contributed by atoms with Crippen LogP contribution in [0.5, 0.6) is 5.75 Å². The second-order valence-corrected chi connectivity index (χ2v) is 6.37. The number of benzene rings is 1. The van der Waals surface area contributed by atoms with Crippen molar-refractivity contribution in [1.29, 1.82) is 0 Å². The van der Waals surface area contributed by atoms with Crippen LogP contribution in [0, 0.1) is 17.3 Å². The topological polar surface area (TPSA) is 67.4 Å². The molecule has 0 aromatic heterocycles. The SMILES string of the molecule is CC(=O)Nc1cccc(OCC#CCNC(=O)CC(C)(C)C)c1. The van der Waals surface area contributed by atoms with E-state index in [2.05, 4.69) is 22.5 Å². The molecule has 1 aromatic carbocycles. The van der Waals surface area contributed by atoms with Gasteiger partial charge in [0.25, 0.3) is 0 Å². The van der Waals surface area contributed by atoms with Crippen molar-refractivity contribution in [2.75, 3.05) is 18.5 Å². The minimum absolute atomic E-state index is 0.00396. The number of rotatable bonds is 5. The van der Waals surface area contributed by atoms with Gasteiger partial charge in [-0.1, -0.05) is 38.7 Å². The Morgan fingerprint density at radius 1 is 1.22 bits per heavy atom. The van der Waals surface area contributed by atoms with Crippen molar-refractivity contribution in [1.82, 2.24) is 5.32 Å². The lowest BCUT2D eigenvalue weighted by atomic mass is 9.92. The largest absolute Gasteiger partial charge is 0.481 e. The number of ether oxygens (including phenoxy) is 1. The van der Waals surface area contributed by atoms with E-state index in [4.69, 9.17) is 4.74 Å². The van der Waals surface area contributed by atoms with Gasteiger partial charge in [-0.25, -0.2) is 0 Å². The highest BCUT2D eigenvalue weighted by Crippen LogP contribution is 2.18. The molecule has 0 bridgehead atoms. The monoisotopic (exact) mass is 316 g/mol. The van der Waals surface area contributed by atoms with E-state index in [1.807, 2.05) is 20.8 Å². The molecule has 5 heteroatoms. The number of carbonyl (C=O) groups excluding carboxylic acids is 2. The quantitative estimate of drug-likeness (QED) is 0.821. The molecule has 0 saturated heterocycles. The number of carbonyl (C=O) groups is 2. The van der Waals surface area contributed by atoms with Crippen LogP contribution in [0.2, 0.25) is 0 Å². The summed E-state index contributed by atoms with van der Waals surface area (Å²) in [6, 6.07) is 7.09. The summed E-state index contributed by atoms with van der Waals surface area (Å²) in [4.78, 5) is 22.6.